The highest BCUT2D eigenvalue weighted by Crippen LogP contribution is 2.33. The molecule has 0 amide bonds. The van der Waals surface area contributed by atoms with E-state index in [0.717, 1.165) is 18.4 Å². The zero-order valence-corrected chi connectivity index (χ0v) is 10.9. The summed E-state index contributed by atoms with van der Waals surface area (Å²) in [6.45, 7) is 8.02. The molecule has 0 spiro atoms. The molecule has 0 aromatic heterocycles. The average Bonchev–Trinajstić information content (AvgIpc) is 3.04. The summed E-state index contributed by atoms with van der Waals surface area (Å²) in [6.07, 6.45) is 6.49. The quantitative estimate of drug-likeness (QED) is 0.794. The molecule has 1 saturated carbocycles. The van der Waals surface area contributed by atoms with Crippen molar-refractivity contribution < 1.29 is 5.11 Å². The molecule has 0 aromatic rings. The Labute approximate surface area is 100 Å². The maximum atomic E-state index is 9.97. The van der Waals surface area contributed by atoms with Crippen LogP contribution < -0.4 is 0 Å². The number of rotatable bonds is 4. The van der Waals surface area contributed by atoms with Gasteiger partial charge in [0.15, 0.2) is 0 Å². The van der Waals surface area contributed by atoms with E-state index < -0.39 is 0 Å². The van der Waals surface area contributed by atoms with Crippen LogP contribution in [0.25, 0.3) is 0 Å². The van der Waals surface area contributed by atoms with Crippen molar-refractivity contribution in [3.05, 3.63) is 0 Å². The minimum absolute atomic E-state index is 0.0457. The SMILES string of the molecule is CC(C)C1CCCN(CC(O)C2CC2)CC1. The van der Waals surface area contributed by atoms with Gasteiger partial charge in [0.05, 0.1) is 6.10 Å². The van der Waals surface area contributed by atoms with Crippen molar-refractivity contribution in [3.8, 4) is 0 Å². The first kappa shape index (κ1) is 12.4. The van der Waals surface area contributed by atoms with E-state index in [1.807, 2.05) is 0 Å². The third kappa shape index (κ3) is 3.46. The largest absolute Gasteiger partial charge is 0.392 e. The lowest BCUT2D eigenvalue weighted by atomic mass is 9.89. The maximum Gasteiger partial charge on any atom is 0.0695 e. The van der Waals surface area contributed by atoms with Crippen LogP contribution in [0, 0.1) is 17.8 Å². The van der Waals surface area contributed by atoms with Crippen molar-refractivity contribution in [1.82, 2.24) is 4.90 Å². The second kappa shape index (κ2) is 5.50. The van der Waals surface area contributed by atoms with Gasteiger partial charge in [-0.25, -0.2) is 0 Å². The second-order valence-corrected chi connectivity index (χ2v) is 6.14. The van der Waals surface area contributed by atoms with Gasteiger partial charge in [0.1, 0.15) is 0 Å². The smallest absolute Gasteiger partial charge is 0.0695 e. The Bertz CT molecular complexity index is 213. The summed E-state index contributed by atoms with van der Waals surface area (Å²) in [4.78, 5) is 2.49. The highest BCUT2D eigenvalue weighted by Gasteiger charge is 2.31. The number of aliphatic hydroxyl groups excluding tert-OH is 1. The molecule has 2 fully saturated rings. The highest BCUT2D eigenvalue weighted by molar-refractivity contribution is 4.84. The van der Waals surface area contributed by atoms with E-state index in [-0.39, 0.29) is 6.10 Å². The average molecular weight is 225 g/mol. The molecule has 1 aliphatic heterocycles. The Kier molecular flexibility index (Phi) is 4.26. The van der Waals surface area contributed by atoms with Crippen LogP contribution in [0.4, 0.5) is 0 Å². The summed E-state index contributed by atoms with van der Waals surface area (Å²) in [6, 6.07) is 0. The van der Waals surface area contributed by atoms with E-state index in [4.69, 9.17) is 0 Å². The van der Waals surface area contributed by atoms with Gasteiger partial charge in [-0.1, -0.05) is 13.8 Å². The highest BCUT2D eigenvalue weighted by atomic mass is 16.3. The predicted molar refractivity (Wildman–Crippen MR) is 67.3 cm³/mol. The third-order valence-corrected chi connectivity index (χ3v) is 4.42. The van der Waals surface area contributed by atoms with Crippen LogP contribution in [0.5, 0.6) is 0 Å². The second-order valence-electron chi connectivity index (χ2n) is 6.14. The van der Waals surface area contributed by atoms with Crippen LogP contribution in [-0.4, -0.2) is 35.7 Å². The van der Waals surface area contributed by atoms with Crippen LogP contribution in [0.3, 0.4) is 0 Å². The predicted octanol–water partition coefficient (Wildman–Crippen LogP) is 2.52. The van der Waals surface area contributed by atoms with Gasteiger partial charge in [0.2, 0.25) is 0 Å². The summed E-state index contributed by atoms with van der Waals surface area (Å²) in [5.74, 6) is 2.36. The van der Waals surface area contributed by atoms with Gasteiger partial charge in [-0.2, -0.15) is 0 Å². The molecule has 94 valence electrons. The van der Waals surface area contributed by atoms with Gasteiger partial charge in [0, 0.05) is 6.54 Å². The monoisotopic (exact) mass is 225 g/mol. The summed E-state index contributed by atoms with van der Waals surface area (Å²) >= 11 is 0. The fraction of sp³-hybridized carbons (Fsp3) is 1.00. The fourth-order valence-electron chi connectivity index (χ4n) is 2.93. The van der Waals surface area contributed by atoms with E-state index in [1.54, 1.807) is 0 Å². The Morgan fingerprint density at radius 3 is 2.44 bits per heavy atom. The van der Waals surface area contributed by atoms with Gasteiger partial charge in [-0.05, 0) is 62.9 Å². The lowest BCUT2D eigenvalue weighted by Crippen LogP contribution is -2.34. The van der Waals surface area contributed by atoms with Crippen molar-refractivity contribution in [2.45, 2.75) is 52.1 Å². The number of nitrogens with zero attached hydrogens (tertiary/aromatic N) is 1. The Balaban J connectivity index is 1.74. The first-order valence-electron chi connectivity index (χ1n) is 7.07. The van der Waals surface area contributed by atoms with Gasteiger partial charge >= 0.3 is 0 Å². The molecule has 16 heavy (non-hydrogen) atoms. The Hall–Kier alpha value is -0.0800. The molecule has 2 rings (SSSR count). The normalized spacial score (nSPS) is 30.4. The number of likely N-dealkylation sites (tertiary alicyclic amines) is 1. The molecule has 1 saturated heterocycles. The van der Waals surface area contributed by atoms with Gasteiger partial charge in [0.25, 0.3) is 0 Å². The van der Waals surface area contributed by atoms with Crippen molar-refractivity contribution in [3.63, 3.8) is 0 Å². The molecular weight excluding hydrogens is 198 g/mol. The van der Waals surface area contributed by atoms with Crippen LogP contribution in [0.1, 0.15) is 46.0 Å². The molecule has 0 bridgehead atoms. The first-order valence-corrected chi connectivity index (χ1v) is 7.07. The van der Waals surface area contributed by atoms with Crippen LogP contribution in [-0.2, 0) is 0 Å². The van der Waals surface area contributed by atoms with E-state index in [2.05, 4.69) is 18.7 Å². The molecule has 1 heterocycles. The van der Waals surface area contributed by atoms with E-state index in [0.29, 0.717) is 5.92 Å². The van der Waals surface area contributed by atoms with E-state index >= 15 is 0 Å². The third-order valence-electron chi connectivity index (χ3n) is 4.42. The van der Waals surface area contributed by atoms with Crippen LogP contribution >= 0.6 is 0 Å². The topological polar surface area (TPSA) is 23.5 Å². The molecule has 1 N–H and O–H groups in total. The molecular formula is C14H27NO. The molecule has 1 aliphatic carbocycles. The van der Waals surface area contributed by atoms with Crippen LogP contribution in [0.15, 0.2) is 0 Å². The van der Waals surface area contributed by atoms with Crippen molar-refractivity contribution in [1.29, 1.82) is 0 Å². The van der Waals surface area contributed by atoms with Crippen LogP contribution in [0.2, 0.25) is 0 Å². The van der Waals surface area contributed by atoms with Crippen molar-refractivity contribution >= 4 is 0 Å². The van der Waals surface area contributed by atoms with Gasteiger partial charge in [-0.3, -0.25) is 0 Å². The summed E-state index contributed by atoms with van der Waals surface area (Å²) < 4.78 is 0. The Morgan fingerprint density at radius 1 is 1.06 bits per heavy atom. The van der Waals surface area contributed by atoms with Crippen molar-refractivity contribution in [2.75, 3.05) is 19.6 Å². The number of hydrogen-bond acceptors (Lipinski definition) is 2. The lowest BCUT2D eigenvalue weighted by Gasteiger charge is -2.23. The van der Waals surface area contributed by atoms with Gasteiger partial charge in [-0.15, -0.1) is 0 Å². The summed E-state index contributed by atoms with van der Waals surface area (Å²) in [5, 5.41) is 9.97. The van der Waals surface area contributed by atoms with Crippen molar-refractivity contribution in [2.24, 2.45) is 17.8 Å². The lowest BCUT2D eigenvalue weighted by molar-refractivity contribution is 0.0958. The Morgan fingerprint density at radius 2 is 1.81 bits per heavy atom. The summed E-state index contributed by atoms with van der Waals surface area (Å²) in [5.41, 5.74) is 0. The van der Waals surface area contributed by atoms with E-state index in [1.165, 1.54) is 45.2 Å². The zero-order chi connectivity index (χ0) is 11.5. The number of β-amino-alcohol motifs (C(OH)–C–C–N with tert-alkyl or cyclic N) is 1. The summed E-state index contributed by atoms with van der Waals surface area (Å²) in [7, 11) is 0. The van der Waals surface area contributed by atoms with Gasteiger partial charge < -0.3 is 10.0 Å². The standard InChI is InChI=1S/C14H27NO/c1-11(2)12-4-3-8-15(9-7-12)10-14(16)13-5-6-13/h11-14,16H,3-10H2,1-2H3. The zero-order valence-electron chi connectivity index (χ0n) is 10.9. The maximum absolute atomic E-state index is 9.97. The number of hydrogen-bond donors (Lipinski definition) is 1. The van der Waals surface area contributed by atoms with E-state index in [9.17, 15) is 5.11 Å². The molecule has 2 unspecified atom stereocenters. The molecule has 2 atom stereocenters. The molecule has 2 nitrogen and oxygen atoms in total. The molecule has 0 aromatic carbocycles. The number of aliphatic hydroxyl groups is 1. The molecule has 2 aliphatic rings. The minimum Gasteiger partial charge on any atom is -0.392 e. The minimum atomic E-state index is -0.0457. The first-order chi connectivity index (χ1) is 7.66. The molecule has 2 heteroatoms. The fourth-order valence-corrected chi connectivity index (χ4v) is 2.93. The molecule has 0 radical (unpaired) electrons.